The highest BCUT2D eigenvalue weighted by molar-refractivity contribution is 6.31. The summed E-state index contributed by atoms with van der Waals surface area (Å²) in [6.07, 6.45) is 14.0. The first kappa shape index (κ1) is 45.1. The lowest BCUT2D eigenvalue weighted by molar-refractivity contribution is -0.156. The Morgan fingerprint density at radius 3 is 1.80 bits per heavy atom. The van der Waals surface area contributed by atoms with E-state index in [1.807, 2.05) is 72.8 Å². The van der Waals surface area contributed by atoms with Crippen molar-refractivity contribution in [2.24, 2.45) is 0 Å². The van der Waals surface area contributed by atoms with Gasteiger partial charge in [-0.05, 0) is 52.6 Å². The lowest BCUT2D eigenvalue weighted by Gasteiger charge is -2.37. The van der Waals surface area contributed by atoms with Gasteiger partial charge in [-0.2, -0.15) is 0 Å². The van der Waals surface area contributed by atoms with Gasteiger partial charge in [0.15, 0.2) is 5.60 Å². The molecule has 5 aromatic carbocycles. The van der Waals surface area contributed by atoms with Gasteiger partial charge in [0.05, 0.1) is 19.6 Å². The fourth-order valence-electron chi connectivity index (χ4n) is 10.1. The van der Waals surface area contributed by atoms with E-state index in [1.54, 1.807) is 11.0 Å². The third-order valence-corrected chi connectivity index (χ3v) is 13.8. The molecule has 64 heavy (non-hydrogen) atoms. The molecule has 1 aliphatic heterocycles. The van der Waals surface area contributed by atoms with E-state index < -0.39 is 36.0 Å². The molecule has 0 bridgehead atoms. The Labute approximate surface area is 383 Å². The summed E-state index contributed by atoms with van der Waals surface area (Å²) in [5.74, 6) is -0.827. The summed E-state index contributed by atoms with van der Waals surface area (Å²) in [5.41, 5.74) is 6.18. The normalized spacial score (nSPS) is 17.9. The van der Waals surface area contributed by atoms with Crippen LogP contribution in [0.4, 0.5) is 4.79 Å². The number of carbonyl (C=O) groups is 3. The van der Waals surface area contributed by atoms with Gasteiger partial charge >= 0.3 is 12.1 Å². The first-order valence-corrected chi connectivity index (χ1v) is 23.9. The molecule has 1 unspecified atom stereocenters. The van der Waals surface area contributed by atoms with Crippen LogP contribution in [0.5, 0.6) is 0 Å². The molecule has 1 N–H and O–H groups in total. The second-order valence-corrected chi connectivity index (χ2v) is 18.0. The minimum absolute atomic E-state index is 0.0588. The molecule has 9 heteroatoms. The maximum atomic E-state index is 14.8. The van der Waals surface area contributed by atoms with Crippen LogP contribution in [-0.4, -0.2) is 61.8 Å². The molecular formula is C55H61ClN2O6. The van der Waals surface area contributed by atoms with Crippen molar-refractivity contribution in [2.75, 3.05) is 32.9 Å². The van der Waals surface area contributed by atoms with Crippen molar-refractivity contribution in [1.29, 1.82) is 0 Å². The van der Waals surface area contributed by atoms with Crippen LogP contribution in [0, 0.1) is 0 Å². The summed E-state index contributed by atoms with van der Waals surface area (Å²) in [7, 11) is 0. The van der Waals surface area contributed by atoms with E-state index >= 15 is 0 Å². The van der Waals surface area contributed by atoms with E-state index in [-0.39, 0.29) is 12.5 Å². The van der Waals surface area contributed by atoms with Crippen molar-refractivity contribution in [3.63, 3.8) is 0 Å². The quantitative estimate of drug-likeness (QED) is 0.105. The zero-order valence-electron chi connectivity index (χ0n) is 36.9. The second-order valence-electron chi connectivity index (χ2n) is 17.6. The minimum atomic E-state index is -1.49. The summed E-state index contributed by atoms with van der Waals surface area (Å²) < 4.78 is 18.3. The SMILES string of the molecule is O=C(C[C@H](NC(=O)OCC1c2ccccc2-c2ccccc21)C(=O)N1CCOCC1)OC(c1ccccc1)(c1ccc(C2CCCCCCCCCCCC2)cc1)c1ccccc1Cl. The molecule has 0 aromatic heterocycles. The molecule has 0 radical (unpaired) electrons. The number of hydrogen-bond donors (Lipinski definition) is 1. The monoisotopic (exact) mass is 880 g/mol. The van der Waals surface area contributed by atoms with Crippen molar-refractivity contribution in [2.45, 2.75) is 107 Å². The van der Waals surface area contributed by atoms with Crippen LogP contribution in [0.1, 0.15) is 129 Å². The summed E-state index contributed by atoms with van der Waals surface area (Å²) in [6, 6.07) is 40.6. The van der Waals surface area contributed by atoms with Crippen LogP contribution in [0.15, 0.2) is 127 Å². The van der Waals surface area contributed by atoms with Gasteiger partial charge in [-0.15, -0.1) is 0 Å². The van der Waals surface area contributed by atoms with E-state index in [9.17, 15) is 14.4 Å². The van der Waals surface area contributed by atoms with Crippen molar-refractivity contribution in [3.05, 3.63) is 166 Å². The van der Waals surface area contributed by atoms with E-state index in [0.29, 0.717) is 48.4 Å². The Bertz CT molecular complexity index is 2270. The highest BCUT2D eigenvalue weighted by Gasteiger charge is 2.43. The van der Waals surface area contributed by atoms with Gasteiger partial charge < -0.3 is 24.4 Å². The molecule has 1 heterocycles. The highest BCUT2D eigenvalue weighted by atomic mass is 35.5. The number of nitrogens with zero attached hydrogens (tertiary/aromatic N) is 1. The Balaban J connectivity index is 1.07. The number of rotatable bonds is 11. The van der Waals surface area contributed by atoms with E-state index in [1.165, 1.54) is 69.8 Å². The third-order valence-electron chi connectivity index (χ3n) is 13.5. The second kappa shape index (κ2) is 22.0. The van der Waals surface area contributed by atoms with Crippen molar-refractivity contribution in [1.82, 2.24) is 10.2 Å². The van der Waals surface area contributed by atoms with Gasteiger partial charge in [0, 0.05) is 40.7 Å². The molecule has 8 rings (SSSR count). The first-order chi connectivity index (χ1) is 31.4. The average molecular weight is 882 g/mol. The van der Waals surface area contributed by atoms with Crippen LogP contribution < -0.4 is 5.32 Å². The first-order valence-electron chi connectivity index (χ1n) is 23.5. The average Bonchev–Trinajstić information content (AvgIpc) is 3.67. The molecule has 1 saturated carbocycles. The fourth-order valence-corrected chi connectivity index (χ4v) is 10.4. The van der Waals surface area contributed by atoms with Crippen LogP contribution >= 0.6 is 11.6 Å². The molecule has 2 aliphatic carbocycles. The van der Waals surface area contributed by atoms with Gasteiger partial charge in [0.2, 0.25) is 5.91 Å². The number of amides is 2. The standard InChI is InChI=1S/C55H61ClN2O6/c56-50-29-19-18-28-49(50)55(42-22-12-9-13-23-42,43-32-30-41(31-33-43)40-20-10-7-5-3-1-2-4-6-8-11-21-40)64-52(59)38-51(53(60)58-34-36-62-37-35-58)57-54(61)63-39-48-46-26-16-14-24-44(46)45-25-15-17-27-47(45)48/h9,12-19,22-33,40,48,51H,1-8,10-11,20-21,34-39H2,(H,57,61)/t51-,55?/m0/s1. The molecule has 0 spiro atoms. The van der Waals surface area contributed by atoms with Gasteiger partial charge in [-0.1, -0.05) is 197 Å². The molecule has 334 valence electrons. The number of fused-ring (bicyclic) bond motifs is 3. The maximum Gasteiger partial charge on any atom is 0.407 e. The Kier molecular flexibility index (Phi) is 15.5. The molecule has 8 nitrogen and oxygen atoms in total. The number of esters is 1. The molecule has 5 aromatic rings. The summed E-state index contributed by atoms with van der Waals surface area (Å²) >= 11 is 7.08. The van der Waals surface area contributed by atoms with Crippen LogP contribution in [0.2, 0.25) is 5.02 Å². The zero-order chi connectivity index (χ0) is 44.1. The lowest BCUT2D eigenvalue weighted by Crippen LogP contribution is -2.53. The Morgan fingerprint density at radius 1 is 0.656 bits per heavy atom. The minimum Gasteiger partial charge on any atom is -0.449 e. The molecule has 3 aliphatic rings. The van der Waals surface area contributed by atoms with Crippen molar-refractivity contribution in [3.8, 4) is 11.1 Å². The van der Waals surface area contributed by atoms with Gasteiger partial charge in [0.25, 0.3) is 0 Å². The molecule has 2 fully saturated rings. The molecule has 2 atom stereocenters. The smallest absolute Gasteiger partial charge is 0.407 e. The number of halogens is 1. The third kappa shape index (κ3) is 10.6. The number of nitrogens with one attached hydrogen (secondary N) is 1. The number of hydrogen-bond acceptors (Lipinski definition) is 6. The van der Waals surface area contributed by atoms with Gasteiger partial charge in [0.1, 0.15) is 12.6 Å². The van der Waals surface area contributed by atoms with E-state index in [0.717, 1.165) is 40.7 Å². The Morgan fingerprint density at radius 2 is 1.19 bits per heavy atom. The van der Waals surface area contributed by atoms with E-state index in [4.69, 9.17) is 25.8 Å². The highest BCUT2D eigenvalue weighted by Crippen LogP contribution is 2.46. The van der Waals surface area contributed by atoms with E-state index in [2.05, 4.69) is 53.8 Å². The van der Waals surface area contributed by atoms with Crippen molar-refractivity contribution < 1.29 is 28.6 Å². The summed E-state index contributed by atoms with van der Waals surface area (Å²) in [6.45, 7) is 1.43. The molecular weight excluding hydrogens is 820 g/mol. The van der Waals surface area contributed by atoms with Crippen LogP contribution in [0.3, 0.4) is 0 Å². The lowest BCUT2D eigenvalue weighted by atomic mass is 9.78. The zero-order valence-corrected chi connectivity index (χ0v) is 37.6. The van der Waals surface area contributed by atoms with Crippen molar-refractivity contribution >= 4 is 29.6 Å². The number of carbonyl (C=O) groups excluding carboxylic acids is 3. The predicted molar refractivity (Wildman–Crippen MR) is 252 cm³/mol. The number of morpholine rings is 1. The number of ether oxygens (including phenoxy) is 3. The van der Waals surface area contributed by atoms with Gasteiger partial charge in [-0.3, -0.25) is 9.59 Å². The maximum absolute atomic E-state index is 14.8. The number of benzene rings is 5. The van der Waals surface area contributed by atoms with Gasteiger partial charge in [-0.25, -0.2) is 4.79 Å². The summed E-state index contributed by atoms with van der Waals surface area (Å²) in [5, 5.41) is 3.21. The topological polar surface area (TPSA) is 94.2 Å². The van der Waals surface area contributed by atoms with Crippen LogP contribution in [-0.2, 0) is 29.4 Å². The molecule has 2 amide bonds. The Hall–Kier alpha value is -5.44. The number of alkyl carbamates (subject to hydrolysis) is 1. The van der Waals surface area contributed by atoms with Crippen LogP contribution in [0.25, 0.3) is 11.1 Å². The largest absolute Gasteiger partial charge is 0.449 e. The predicted octanol–water partition coefficient (Wildman–Crippen LogP) is 12.1. The molecule has 1 saturated heterocycles. The summed E-state index contributed by atoms with van der Waals surface area (Å²) in [4.78, 5) is 44.5. The fraction of sp³-hybridized carbons (Fsp3) is 0.400.